The van der Waals surface area contributed by atoms with Crippen LogP contribution in [0.15, 0.2) is 97.5 Å². The Morgan fingerprint density at radius 3 is 1.62 bits per heavy atom. The standard InChI is InChI=1S/C8H8O3S.C8H8.C7H12O2.C3H4O2/c1-2-7-3-5-8(6-4-7)12(9,10)11;1-2-8-6-4-3-5-7-8;1-3-4-5-6(2)7(8)9;1-2-3(4)5/h2-6H,1H2,(H,9,10,11);2-7H,1H2;2-5H2,1H3,(H,8,9);2H,1H2,(H,4,5). The molecule has 2 aromatic carbocycles. The van der Waals surface area contributed by atoms with Crippen LogP contribution in [0, 0.1) is 0 Å². The van der Waals surface area contributed by atoms with E-state index in [1.807, 2.05) is 43.3 Å². The van der Waals surface area contributed by atoms with Crippen molar-refractivity contribution in [2.75, 3.05) is 0 Å². The summed E-state index contributed by atoms with van der Waals surface area (Å²) in [5.41, 5.74) is 2.30. The van der Waals surface area contributed by atoms with Crippen LogP contribution < -0.4 is 0 Å². The molecule has 2 aromatic rings. The number of rotatable bonds is 8. The predicted octanol–water partition coefficient (Wildman–Crippen LogP) is 5.98. The Morgan fingerprint density at radius 1 is 0.882 bits per heavy atom. The van der Waals surface area contributed by atoms with Crippen molar-refractivity contribution in [1.82, 2.24) is 0 Å². The Hall–Kier alpha value is -3.75. The molecule has 0 amide bonds. The van der Waals surface area contributed by atoms with Gasteiger partial charge in [0.05, 0.1) is 4.90 Å². The Labute approximate surface area is 201 Å². The second-order valence-corrected chi connectivity index (χ2v) is 7.84. The highest BCUT2D eigenvalue weighted by Crippen LogP contribution is 2.10. The lowest BCUT2D eigenvalue weighted by atomic mass is 10.1. The van der Waals surface area contributed by atoms with Crippen molar-refractivity contribution in [3.63, 3.8) is 0 Å². The van der Waals surface area contributed by atoms with Crippen LogP contribution in [0.2, 0.25) is 0 Å². The summed E-state index contributed by atoms with van der Waals surface area (Å²) < 4.78 is 29.7. The molecule has 0 bridgehead atoms. The van der Waals surface area contributed by atoms with Crippen LogP contribution in [0.5, 0.6) is 0 Å². The number of aliphatic carboxylic acids is 2. The number of carboxylic acid groups (broad SMARTS) is 2. The topological polar surface area (TPSA) is 129 Å². The van der Waals surface area contributed by atoms with E-state index in [-0.39, 0.29) is 4.90 Å². The highest BCUT2D eigenvalue weighted by molar-refractivity contribution is 7.85. The van der Waals surface area contributed by atoms with Gasteiger partial charge in [0.1, 0.15) is 0 Å². The van der Waals surface area contributed by atoms with Gasteiger partial charge in [-0.15, -0.1) is 0 Å². The summed E-state index contributed by atoms with van der Waals surface area (Å²) in [5.74, 6) is -1.85. The monoisotopic (exact) mass is 488 g/mol. The maximum absolute atomic E-state index is 10.6. The van der Waals surface area contributed by atoms with Gasteiger partial charge in [-0.3, -0.25) is 4.55 Å². The number of unbranched alkanes of at least 4 members (excludes halogenated alkanes) is 1. The van der Waals surface area contributed by atoms with Crippen molar-refractivity contribution in [3.8, 4) is 0 Å². The molecular formula is C26H32O7S. The summed E-state index contributed by atoms with van der Waals surface area (Å²) in [6.07, 6.45) is 6.82. The molecule has 0 saturated carbocycles. The molecule has 2 rings (SSSR count). The minimum atomic E-state index is -4.06. The molecule has 0 unspecified atom stereocenters. The fourth-order valence-corrected chi connectivity index (χ4v) is 2.34. The Morgan fingerprint density at radius 2 is 1.32 bits per heavy atom. The van der Waals surface area contributed by atoms with E-state index in [9.17, 15) is 18.0 Å². The summed E-state index contributed by atoms with van der Waals surface area (Å²) >= 11 is 0. The number of carbonyl (C=O) groups is 2. The Kier molecular flexibility index (Phi) is 17.9. The third-order valence-corrected chi connectivity index (χ3v) is 4.63. The van der Waals surface area contributed by atoms with Crippen molar-refractivity contribution in [1.29, 1.82) is 0 Å². The van der Waals surface area contributed by atoms with Crippen LogP contribution in [0.3, 0.4) is 0 Å². The largest absolute Gasteiger partial charge is 0.478 e. The number of benzene rings is 2. The number of carboxylic acids is 2. The van der Waals surface area contributed by atoms with Gasteiger partial charge in [0.2, 0.25) is 0 Å². The van der Waals surface area contributed by atoms with E-state index in [4.69, 9.17) is 14.8 Å². The van der Waals surface area contributed by atoms with E-state index in [0.717, 1.165) is 24.5 Å². The molecule has 0 fully saturated rings. The molecule has 7 nitrogen and oxygen atoms in total. The van der Waals surface area contributed by atoms with Crippen molar-refractivity contribution in [2.24, 2.45) is 0 Å². The highest BCUT2D eigenvalue weighted by Gasteiger charge is 2.07. The van der Waals surface area contributed by atoms with E-state index < -0.39 is 22.1 Å². The normalized spacial score (nSPS) is 9.24. The van der Waals surface area contributed by atoms with Crippen LogP contribution in [0.4, 0.5) is 0 Å². The third-order valence-electron chi connectivity index (χ3n) is 3.76. The smallest absolute Gasteiger partial charge is 0.330 e. The molecule has 184 valence electrons. The molecule has 0 saturated heterocycles. The van der Waals surface area contributed by atoms with Crippen LogP contribution in [-0.2, 0) is 19.7 Å². The van der Waals surface area contributed by atoms with Gasteiger partial charge in [0.25, 0.3) is 10.1 Å². The van der Waals surface area contributed by atoms with Crippen molar-refractivity contribution >= 4 is 34.2 Å². The number of hydrogen-bond acceptors (Lipinski definition) is 4. The van der Waals surface area contributed by atoms with Gasteiger partial charge in [-0.05, 0) is 36.1 Å². The SMILES string of the molecule is C=C(CCCC)C(=O)O.C=CC(=O)O.C=Cc1ccc(S(=O)(=O)O)cc1.C=Cc1ccccc1. The van der Waals surface area contributed by atoms with E-state index in [0.29, 0.717) is 12.0 Å². The molecule has 8 heteroatoms. The molecule has 0 radical (unpaired) electrons. The zero-order chi connectivity index (χ0) is 26.6. The summed E-state index contributed by atoms with van der Waals surface area (Å²) in [4.78, 5) is 19.3. The number of hydrogen-bond donors (Lipinski definition) is 3. The quantitative estimate of drug-likeness (QED) is 0.308. The first-order valence-electron chi connectivity index (χ1n) is 10.1. The molecule has 34 heavy (non-hydrogen) atoms. The first-order chi connectivity index (χ1) is 15.9. The van der Waals surface area contributed by atoms with Gasteiger partial charge in [-0.2, -0.15) is 8.42 Å². The zero-order valence-corrected chi connectivity index (χ0v) is 20.1. The van der Waals surface area contributed by atoms with Crippen LogP contribution in [0.1, 0.15) is 37.3 Å². The van der Waals surface area contributed by atoms with Crippen molar-refractivity contribution in [3.05, 3.63) is 104 Å². The van der Waals surface area contributed by atoms with Gasteiger partial charge in [-0.1, -0.05) is 94.3 Å². The van der Waals surface area contributed by atoms with Gasteiger partial charge in [0.15, 0.2) is 0 Å². The summed E-state index contributed by atoms with van der Waals surface area (Å²) in [6, 6.07) is 15.8. The highest BCUT2D eigenvalue weighted by atomic mass is 32.2. The average Bonchev–Trinajstić information content (AvgIpc) is 2.83. The van der Waals surface area contributed by atoms with Gasteiger partial charge in [0, 0.05) is 11.6 Å². The first-order valence-corrected chi connectivity index (χ1v) is 11.5. The minimum absolute atomic E-state index is 0.104. The molecular weight excluding hydrogens is 456 g/mol. The summed E-state index contributed by atoms with van der Waals surface area (Å²) in [5, 5.41) is 15.9. The first kappa shape index (κ1) is 32.4. The molecule has 3 N–H and O–H groups in total. The van der Waals surface area contributed by atoms with Gasteiger partial charge >= 0.3 is 11.9 Å². The van der Waals surface area contributed by atoms with E-state index >= 15 is 0 Å². The van der Waals surface area contributed by atoms with E-state index in [1.165, 1.54) is 17.7 Å². The van der Waals surface area contributed by atoms with Gasteiger partial charge in [-0.25, -0.2) is 9.59 Å². The third kappa shape index (κ3) is 17.9. The second kappa shape index (κ2) is 18.8. The molecule has 0 atom stereocenters. The summed E-state index contributed by atoms with van der Waals surface area (Å²) in [7, 11) is -4.06. The molecule has 0 aliphatic heterocycles. The van der Waals surface area contributed by atoms with Crippen LogP contribution in [0.25, 0.3) is 12.2 Å². The molecule has 0 heterocycles. The molecule has 0 spiro atoms. The molecule has 0 aliphatic rings. The molecule has 0 aromatic heterocycles. The average molecular weight is 489 g/mol. The lowest BCUT2D eigenvalue weighted by Gasteiger charge is -1.96. The Bertz CT molecular complexity index is 1020. The van der Waals surface area contributed by atoms with Crippen LogP contribution in [-0.4, -0.2) is 35.1 Å². The van der Waals surface area contributed by atoms with Crippen molar-refractivity contribution < 1.29 is 32.8 Å². The Balaban J connectivity index is 0. The fourth-order valence-electron chi connectivity index (χ4n) is 1.86. The van der Waals surface area contributed by atoms with Gasteiger partial charge < -0.3 is 10.2 Å². The van der Waals surface area contributed by atoms with E-state index in [2.05, 4.69) is 26.3 Å². The predicted molar refractivity (Wildman–Crippen MR) is 137 cm³/mol. The lowest BCUT2D eigenvalue weighted by Crippen LogP contribution is -1.97. The zero-order valence-electron chi connectivity index (χ0n) is 19.3. The summed E-state index contributed by atoms with van der Waals surface area (Å²) in [6.45, 7) is 15.5. The minimum Gasteiger partial charge on any atom is -0.478 e. The van der Waals surface area contributed by atoms with Crippen LogP contribution >= 0.6 is 0 Å². The fraction of sp³-hybridized carbons (Fsp3) is 0.154. The lowest BCUT2D eigenvalue weighted by molar-refractivity contribution is -0.133. The maximum Gasteiger partial charge on any atom is 0.330 e. The maximum atomic E-state index is 10.6. The van der Waals surface area contributed by atoms with E-state index in [1.54, 1.807) is 18.2 Å². The second-order valence-electron chi connectivity index (χ2n) is 6.42. The van der Waals surface area contributed by atoms with Crippen molar-refractivity contribution in [2.45, 2.75) is 31.1 Å². The molecule has 0 aliphatic carbocycles.